The van der Waals surface area contributed by atoms with Crippen molar-refractivity contribution >= 4 is 38.3 Å². The molecule has 0 unspecified atom stereocenters. The van der Waals surface area contributed by atoms with Crippen LogP contribution in [0.2, 0.25) is 0 Å². The number of fused-ring (bicyclic) bond motifs is 3. The van der Waals surface area contributed by atoms with Crippen molar-refractivity contribution in [2.24, 2.45) is 0 Å². The summed E-state index contributed by atoms with van der Waals surface area (Å²) in [7, 11) is -3.46. The van der Waals surface area contributed by atoms with E-state index in [9.17, 15) is 13.2 Å². The predicted octanol–water partition coefficient (Wildman–Crippen LogP) is 4.83. The number of sulfonamides is 1. The van der Waals surface area contributed by atoms with Crippen LogP contribution in [-0.4, -0.2) is 67.4 Å². The fourth-order valence-corrected chi connectivity index (χ4v) is 8.22. The van der Waals surface area contributed by atoms with Gasteiger partial charge in [0.2, 0.25) is 10.0 Å². The molecule has 0 radical (unpaired) electrons. The Hall–Kier alpha value is -4.09. The van der Waals surface area contributed by atoms with Crippen molar-refractivity contribution in [1.29, 1.82) is 0 Å². The van der Waals surface area contributed by atoms with Gasteiger partial charge in [0.05, 0.1) is 53.3 Å². The molecule has 1 aromatic carbocycles. The molecule has 1 N–H and O–H groups in total. The number of rotatable bonds is 6. The van der Waals surface area contributed by atoms with Gasteiger partial charge in [-0.2, -0.15) is 0 Å². The Balaban J connectivity index is 1.09. The van der Waals surface area contributed by atoms with Crippen LogP contribution in [0.1, 0.15) is 61.1 Å². The quantitative estimate of drug-likeness (QED) is 0.324. The second kappa shape index (κ2) is 11.4. The summed E-state index contributed by atoms with van der Waals surface area (Å²) in [6, 6.07) is 17.3. The average molecular weight is 627 g/mol. The zero-order valence-corrected chi connectivity index (χ0v) is 26.7. The van der Waals surface area contributed by atoms with Crippen molar-refractivity contribution in [2.45, 2.75) is 63.7 Å². The second-order valence-electron chi connectivity index (χ2n) is 12.8. The molecule has 2 fully saturated rings. The van der Waals surface area contributed by atoms with Crippen molar-refractivity contribution in [1.82, 2.24) is 20.3 Å². The number of carbonyl (C=O) groups is 1. The fraction of sp³-hybridized carbons (Fsp3) is 0.412. The summed E-state index contributed by atoms with van der Waals surface area (Å²) in [6.07, 6.45) is 7.38. The summed E-state index contributed by atoms with van der Waals surface area (Å²) in [5.41, 5.74) is 4.91. The molecule has 4 aromatic rings. The Morgan fingerprint density at radius 1 is 1.00 bits per heavy atom. The minimum atomic E-state index is -3.46. The number of anilines is 2. The van der Waals surface area contributed by atoms with Gasteiger partial charge in [-0.05, 0) is 74.7 Å². The lowest BCUT2D eigenvalue weighted by molar-refractivity contribution is -0.00545. The van der Waals surface area contributed by atoms with Crippen molar-refractivity contribution in [2.75, 3.05) is 35.1 Å². The van der Waals surface area contributed by atoms with E-state index in [4.69, 9.17) is 14.7 Å². The average Bonchev–Trinajstić information content (AvgIpc) is 3.63. The molecular formula is C34H38N6O4S. The van der Waals surface area contributed by atoms with Crippen LogP contribution >= 0.6 is 0 Å². The highest BCUT2D eigenvalue weighted by Gasteiger charge is 2.47. The van der Waals surface area contributed by atoms with E-state index in [1.165, 1.54) is 10.6 Å². The Kier molecular flexibility index (Phi) is 7.48. The van der Waals surface area contributed by atoms with Gasteiger partial charge in [-0.15, -0.1) is 0 Å². The molecule has 1 saturated carbocycles. The van der Waals surface area contributed by atoms with E-state index < -0.39 is 10.0 Å². The second-order valence-corrected chi connectivity index (χ2v) is 14.7. The Morgan fingerprint density at radius 3 is 2.51 bits per heavy atom. The van der Waals surface area contributed by atoms with E-state index in [-0.39, 0.29) is 30.1 Å². The number of carbonyl (C=O) groups excluding carboxylic acids is 1. The third-order valence-electron chi connectivity index (χ3n) is 9.31. The van der Waals surface area contributed by atoms with Gasteiger partial charge in [-0.25, -0.2) is 18.4 Å². The van der Waals surface area contributed by atoms with Crippen LogP contribution in [0.25, 0.3) is 22.3 Å². The van der Waals surface area contributed by atoms with Crippen LogP contribution in [0, 0.1) is 0 Å². The molecule has 10 nitrogen and oxygen atoms in total. The third-order valence-corrected chi connectivity index (χ3v) is 10.4. The molecule has 2 atom stereocenters. The minimum Gasteiger partial charge on any atom is -0.372 e. The molecule has 45 heavy (non-hydrogen) atoms. The number of nitrogens with zero attached hydrogens (tertiary/aromatic N) is 5. The number of benzene rings is 1. The van der Waals surface area contributed by atoms with Crippen LogP contribution in [0.4, 0.5) is 11.5 Å². The molecule has 7 rings (SSSR count). The van der Waals surface area contributed by atoms with Crippen molar-refractivity contribution in [3.8, 4) is 11.4 Å². The van der Waals surface area contributed by atoms with Gasteiger partial charge < -0.3 is 15.0 Å². The molecule has 0 bridgehead atoms. The monoisotopic (exact) mass is 626 g/mol. The zero-order chi connectivity index (χ0) is 31.3. The first-order chi connectivity index (χ1) is 21.6. The van der Waals surface area contributed by atoms with Crippen molar-refractivity contribution in [3.05, 3.63) is 77.6 Å². The zero-order valence-electron chi connectivity index (χ0n) is 25.9. The van der Waals surface area contributed by atoms with E-state index in [0.717, 1.165) is 72.4 Å². The van der Waals surface area contributed by atoms with E-state index in [2.05, 4.69) is 29.0 Å². The Bertz CT molecular complexity index is 1880. The number of aromatic nitrogens is 3. The number of hydrogen-bond donors (Lipinski definition) is 1. The summed E-state index contributed by atoms with van der Waals surface area (Å²) >= 11 is 0. The molecule has 1 amide bonds. The van der Waals surface area contributed by atoms with Gasteiger partial charge >= 0.3 is 0 Å². The van der Waals surface area contributed by atoms with Crippen LogP contribution in [0.5, 0.6) is 0 Å². The lowest BCUT2D eigenvalue weighted by Gasteiger charge is -2.36. The molecule has 234 valence electrons. The van der Waals surface area contributed by atoms with Gasteiger partial charge in [0, 0.05) is 42.2 Å². The first-order valence-corrected chi connectivity index (χ1v) is 17.5. The number of ether oxygens (including phenoxy) is 1. The maximum absolute atomic E-state index is 13.3. The molecule has 3 aromatic heterocycles. The van der Waals surface area contributed by atoms with Crippen molar-refractivity contribution < 1.29 is 17.9 Å². The topological polar surface area (TPSA) is 118 Å². The number of amides is 1. The number of morpholine rings is 1. The van der Waals surface area contributed by atoms with Crippen LogP contribution < -0.4 is 14.5 Å². The van der Waals surface area contributed by atoms with Gasteiger partial charge in [0.25, 0.3) is 5.91 Å². The fourth-order valence-electron chi connectivity index (χ4n) is 7.23. The summed E-state index contributed by atoms with van der Waals surface area (Å²) in [6.45, 7) is 6.39. The minimum absolute atomic E-state index is 0.137. The standard InChI is InChI=1S/C34H38N6O4S/c1-22-19-39(20-23(2)44-22)32-8-6-7-28(38-32)29-12-10-25-17-35-26(16-30(25)37-29)18-36-33(41)24-9-11-27-31(15-24)40(45(3,42)43)21-34(27)13-4-5-14-34/h6-12,15-17,22-23H,4-5,13-14,18-21H2,1-3H3,(H,36,41)/t22-,23+. The lowest BCUT2D eigenvalue weighted by Crippen LogP contribution is -2.45. The molecule has 2 aliphatic heterocycles. The first-order valence-electron chi connectivity index (χ1n) is 15.6. The third kappa shape index (κ3) is 5.75. The molecule has 3 aliphatic rings. The van der Waals surface area contributed by atoms with Crippen LogP contribution in [-0.2, 0) is 26.7 Å². The van der Waals surface area contributed by atoms with E-state index >= 15 is 0 Å². The number of pyridine rings is 3. The van der Waals surface area contributed by atoms with Gasteiger partial charge in [0.15, 0.2) is 0 Å². The maximum Gasteiger partial charge on any atom is 0.251 e. The highest BCUT2D eigenvalue weighted by atomic mass is 32.2. The maximum atomic E-state index is 13.3. The number of nitrogens with one attached hydrogen (secondary N) is 1. The summed E-state index contributed by atoms with van der Waals surface area (Å²) < 4.78 is 32.7. The molecular weight excluding hydrogens is 588 g/mol. The molecule has 11 heteroatoms. The van der Waals surface area contributed by atoms with Gasteiger partial charge in [-0.3, -0.25) is 14.1 Å². The van der Waals surface area contributed by atoms with E-state index in [1.54, 1.807) is 18.3 Å². The van der Waals surface area contributed by atoms with Crippen LogP contribution in [0.15, 0.2) is 60.8 Å². The van der Waals surface area contributed by atoms with E-state index in [1.807, 2.05) is 42.5 Å². The molecule has 5 heterocycles. The lowest BCUT2D eigenvalue weighted by atomic mass is 9.80. The van der Waals surface area contributed by atoms with Crippen molar-refractivity contribution in [3.63, 3.8) is 0 Å². The summed E-state index contributed by atoms with van der Waals surface area (Å²) in [4.78, 5) is 29.9. The molecule has 1 spiro atoms. The first kappa shape index (κ1) is 29.6. The summed E-state index contributed by atoms with van der Waals surface area (Å²) in [5, 5.41) is 3.85. The highest BCUT2D eigenvalue weighted by Crippen LogP contribution is 2.51. The van der Waals surface area contributed by atoms with Crippen LogP contribution in [0.3, 0.4) is 0 Å². The van der Waals surface area contributed by atoms with Gasteiger partial charge in [0.1, 0.15) is 5.82 Å². The SMILES string of the molecule is C[C@@H]1CN(c2cccc(-c3ccc4cnc(CNC(=O)c5ccc6c(c5)N(S(C)(=O)=O)CC65CCCC5)cc4n3)n2)C[C@H](C)O1. The smallest absolute Gasteiger partial charge is 0.251 e. The Morgan fingerprint density at radius 2 is 1.76 bits per heavy atom. The largest absolute Gasteiger partial charge is 0.372 e. The molecule has 1 saturated heterocycles. The highest BCUT2D eigenvalue weighted by molar-refractivity contribution is 7.92. The number of hydrogen-bond acceptors (Lipinski definition) is 8. The predicted molar refractivity (Wildman–Crippen MR) is 175 cm³/mol. The molecule has 1 aliphatic carbocycles. The van der Waals surface area contributed by atoms with Gasteiger partial charge in [-0.1, -0.05) is 25.0 Å². The Labute approximate surface area is 263 Å². The summed E-state index contributed by atoms with van der Waals surface area (Å²) in [5.74, 6) is 0.620. The van der Waals surface area contributed by atoms with E-state index in [0.29, 0.717) is 23.5 Å². The normalized spacial score (nSPS) is 21.0.